The van der Waals surface area contributed by atoms with E-state index in [9.17, 15) is 9.59 Å². The molecule has 1 aliphatic heterocycles. The quantitative estimate of drug-likeness (QED) is 0.358. The lowest BCUT2D eigenvalue weighted by Crippen LogP contribution is -2.54. The van der Waals surface area contributed by atoms with Crippen molar-refractivity contribution in [2.45, 2.75) is 31.5 Å². The minimum atomic E-state index is -0.248. The highest BCUT2D eigenvalue weighted by Gasteiger charge is 2.26. The van der Waals surface area contributed by atoms with Gasteiger partial charge in [0.25, 0.3) is 5.91 Å². The van der Waals surface area contributed by atoms with Gasteiger partial charge < -0.3 is 16.0 Å². The Hall–Kier alpha value is -4.04. The Morgan fingerprint density at radius 2 is 1.82 bits per heavy atom. The van der Waals surface area contributed by atoms with Crippen molar-refractivity contribution in [2.24, 2.45) is 0 Å². The van der Waals surface area contributed by atoms with E-state index in [0.29, 0.717) is 25.1 Å². The first-order chi connectivity index (χ1) is 16.7. The molecular weight excluding hydrogens is 428 g/mol. The molecule has 2 aromatic carbocycles. The predicted octanol–water partition coefficient (Wildman–Crippen LogP) is 2.79. The van der Waals surface area contributed by atoms with Crippen LogP contribution in [0.2, 0.25) is 0 Å². The number of pyridine rings is 1. The van der Waals surface area contributed by atoms with Gasteiger partial charge in [-0.15, -0.1) is 0 Å². The van der Waals surface area contributed by atoms with Gasteiger partial charge in [-0.25, -0.2) is 0 Å². The fraction of sp³-hybridized carbons (Fsp3) is 0.231. The number of H-pyrrole nitrogens is 1. The number of nitrogens with zero attached hydrogens (tertiary/aromatic N) is 2. The second-order valence-corrected chi connectivity index (χ2v) is 8.48. The van der Waals surface area contributed by atoms with Crippen molar-refractivity contribution in [3.8, 4) is 11.3 Å². The molecule has 2 atom stereocenters. The lowest BCUT2D eigenvalue weighted by molar-refractivity contribution is -0.123. The van der Waals surface area contributed by atoms with Crippen LogP contribution >= 0.6 is 0 Å². The SMILES string of the molecule is O=C(N[C@@H]1CCC(C(=O)NCc2ccccc2)NC1)c1ccc2[nH]nc(-c3ccncc3)c2c1. The number of aromatic amines is 1. The third-order valence-electron chi connectivity index (χ3n) is 6.15. The number of fused-ring (bicyclic) bond motifs is 1. The van der Waals surface area contributed by atoms with Crippen LogP contribution in [0.15, 0.2) is 73.1 Å². The fourth-order valence-electron chi connectivity index (χ4n) is 4.27. The molecule has 2 aromatic heterocycles. The van der Waals surface area contributed by atoms with Crippen molar-refractivity contribution in [3.05, 3.63) is 84.2 Å². The maximum absolute atomic E-state index is 12.9. The molecule has 4 aromatic rings. The molecule has 8 heteroatoms. The lowest BCUT2D eigenvalue weighted by Gasteiger charge is -2.29. The normalized spacial score (nSPS) is 17.9. The smallest absolute Gasteiger partial charge is 0.251 e. The number of hydrogen-bond acceptors (Lipinski definition) is 5. The van der Waals surface area contributed by atoms with Gasteiger partial charge in [0, 0.05) is 48.0 Å². The van der Waals surface area contributed by atoms with Crippen molar-refractivity contribution in [1.29, 1.82) is 0 Å². The zero-order valence-corrected chi connectivity index (χ0v) is 18.6. The van der Waals surface area contributed by atoms with Gasteiger partial charge in [0.1, 0.15) is 5.69 Å². The van der Waals surface area contributed by atoms with E-state index in [2.05, 4.69) is 31.1 Å². The van der Waals surface area contributed by atoms with Crippen molar-refractivity contribution < 1.29 is 9.59 Å². The number of hydrogen-bond donors (Lipinski definition) is 4. The number of aromatic nitrogens is 3. The number of nitrogens with one attached hydrogen (secondary N) is 4. The summed E-state index contributed by atoms with van der Waals surface area (Å²) in [6.45, 7) is 1.06. The number of carbonyl (C=O) groups excluding carboxylic acids is 2. The van der Waals surface area contributed by atoms with E-state index in [4.69, 9.17) is 0 Å². The second-order valence-electron chi connectivity index (χ2n) is 8.48. The third kappa shape index (κ3) is 4.82. The summed E-state index contributed by atoms with van der Waals surface area (Å²) in [4.78, 5) is 29.5. The number of rotatable bonds is 6. The van der Waals surface area contributed by atoms with E-state index in [-0.39, 0.29) is 23.9 Å². The molecule has 0 radical (unpaired) electrons. The Labute approximate surface area is 197 Å². The van der Waals surface area contributed by atoms with E-state index >= 15 is 0 Å². The summed E-state index contributed by atoms with van der Waals surface area (Å²) in [5.41, 5.74) is 4.24. The molecule has 8 nitrogen and oxygen atoms in total. The first kappa shape index (κ1) is 21.8. The van der Waals surface area contributed by atoms with Crippen LogP contribution in [0.5, 0.6) is 0 Å². The largest absolute Gasteiger partial charge is 0.351 e. The summed E-state index contributed by atoms with van der Waals surface area (Å²) in [5.74, 6) is -0.148. The molecule has 172 valence electrons. The van der Waals surface area contributed by atoms with E-state index in [1.54, 1.807) is 18.5 Å². The highest BCUT2D eigenvalue weighted by Crippen LogP contribution is 2.26. The molecule has 4 N–H and O–H groups in total. The van der Waals surface area contributed by atoms with Crippen molar-refractivity contribution in [3.63, 3.8) is 0 Å². The Morgan fingerprint density at radius 1 is 1.00 bits per heavy atom. The van der Waals surface area contributed by atoms with Gasteiger partial charge in [-0.1, -0.05) is 30.3 Å². The highest BCUT2D eigenvalue weighted by molar-refractivity contribution is 6.01. The summed E-state index contributed by atoms with van der Waals surface area (Å²) >= 11 is 0. The van der Waals surface area contributed by atoms with Gasteiger partial charge in [0.05, 0.1) is 11.6 Å². The number of piperidine rings is 1. The summed E-state index contributed by atoms with van der Waals surface area (Å²) < 4.78 is 0. The Kier molecular flexibility index (Phi) is 6.31. The molecule has 2 amide bonds. The fourth-order valence-corrected chi connectivity index (χ4v) is 4.27. The first-order valence-electron chi connectivity index (χ1n) is 11.4. The molecular formula is C26H26N6O2. The predicted molar refractivity (Wildman–Crippen MR) is 130 cm³/mol. The van der Waals surface area contributed by atoms with Crippen LogP contribution in [0.4, 0.5) is 0 Å². The number of amides is 2. The standard InChI is InChI=1S/C26H26N6O2/c33-25(19-6-8-22-21(14-19)24(32-31-22)18-10-12-27-13-11-18)30-20-7-9-23(28-16-20)26(34)29-15-17-4-2-1-3-5-17/h1-6,8,10-14,20,23,28H,7,9,15-16H2,(H,29,34)(H,30,33)(H,31,32)/t20-,23?/m1/s1. The first-order valence-corrected chi connectivity index (χ1v) is 11.4. The van der Waals surface area contributed by atoms with Gasteiger partial charge in [-0.2, -0.15) is 5.10 Å². The number of carbonyl (C=O) groups is 2. The van der Waals surface area contributed by atoms with Crippen LogP contribution in [0.25, 0.3) is 22.2 Å². The Morgan fingerprint density at radius 3 is 2.59 bits per heavy atom. The van der Waals surface area contributed by atoms with E-state index < -0.39 is 0 Å². The maximum atomic E-state index is 12.9. The molecule has 5 rings (SSSR count). The minimum Gasteiger partial charge on any atom is -0.351 e. The van der Waals surface area contributed by atoms with E-state index in [0.717, 1.165) is 34.1 Å². The summed E-state index contributed by atoms with van der Waals surface area (Å²) in [5, 5.41) is 17.7. The van der Waals surface area contributed by atoms with Gasteiger partial charge in [-0.3, -0.25) is 19.7 Å². The Balaban J connectivity index is 1.17. The monoisotopic (exact) mass is 454 g/mol. The molecule has 1 saturated heterocycles. The summed E-state index contributed by atoms with van der Waals surface area (Å²) in [6, 6.07) is 18.9. The lowest BCUT2D eigenvalue weighted by atomic mass is 9.99. The summed E-state index contributed by atoms with van der Waals surface area (Å²) in [7, 11) is 0. The number of benzene rings is 2. The summed E-state index contributed by atoms with van der Waals surface area (Å²) in [6.07, 6.45) is 4.84. The van der Waals surface area contributed by atoms with Gasteiger partial charge in [-0.05, 0) is 48.7 Å². The van der Waals surface area contributed by atoms with Gasteiger partial charge >= 0.3 is 0 Å². The molecule has 1 unspecified atom stereocenters. The van der Waals surface area contributed by atoms with Crippen LogP contribution in [0.1, 0.15) is 28.8 Å². The van der Waals surface area contributed by atoms with Crippen molar-refractivity contribution >= 4 is 22.7 Å². The highest BCUT2D eigenvalue weighted by atomic mass is 16.2. The molecule has 0 spiro atoms. The zero-order chi connectivity index (χ0) is 23.3. The molecule has 1 fully saturated rings. The van der Waals surface area contributed by atoms with Crippen LogP contribution in [-0.2, 0) is 11.3 Å². The minimum absolute atomic E-state index is 0.0114. The van der Waals surface area contributed by atoms with E-state index in [1.807, 2.05) is 54.6 Å². The average Bonchev–Trinajstić information content (AvgIpc) is 3.32. The maximum Gasteiger partial charge on any atom is 0.251 e. The van der Waals surface area contributed by atoms with Crippen LogP contribution in [-0.4, -0.2) is 45.6 Å². The third-order valence-corrected chi connectivity index (χ3v) is 6.15. The van der Waals surface area contributed by atoms with Gasteiger partial charge in [0.15, 0.2) is 0 Å². The van der Waals surface area contributed by atoms with Crippen LogP contribution in [0, 0.1) is 0 Å². The zero-order valence-electron chi connectivity index (χ0n) is 18.6. The molecule has 1 aliphatic rings. The molecule has 0 bridgehead atoms. The molecule has 34 heavy (non-hydrogen) atoms. The van der Waals surface area contributed by atoms with Gasteiger partial charge in [0.2, 0.25) is 5.91 Å². The van der Waals surface area contributed by atoms with Crippen LogP contribution < -0.4 is 16.0 Å². The second kappa shape index (κ2) is 9.84. The molecule has 0 aliphatic carbocycles. The Bertz CT molecular complexity index is 1280. The topological polar surface area (TPSA) is 112 Å². The van der Waals surface area contributed by atoms with Crippen molar-refractivity contribution in [2.75, 3.05) is 6.54 Å². The van der Waals surface area contributed by atoms with Crippen molar-refractivity contribution in [1.82, 2.24) is 31.1 Å². The molecule has 3 heterocycles. The van der Waals surface area contributed by atoms with Crippen LogP contribution in [0.3, 0.4) is 0 Å². The van der Waals surface area contributed by atoms with E-state index in [1.165, 1.54) is 0 Å². The average molecular weight is 455 g/mol. The molecule has 0 saturated carbocycles.